The third-order valence-electron chi connectivity index (χ3n) is 3.32. The van der Waals surface area contributed by atoms with Gasteiger partial charge in [0.15, 0.2) is 5.82 Å². The normalized spacial score (nSPS) is 11.4. The SMILES string of the molecule is CNc1ccc(N)c(N(C(=O)C(C)NC(=O)O)c2ccccc2)n1. The molecule has 0 aliphatic carbocycles. The van der Waals surface area contributed by atoms with Gasteiger partial charge in [0.1, 0.15) is 11.9 Å². The summed E-state index contributed by atoms with van der Waals surface area (Å²) in [5, 5.41) is 13.9. The third kappa shape index (κ3) is 3.72. The van der Waals surface area contributed by atoms with Crippen molar-refractivity contribution in [3.8, 4) is 0 Å². The largest absolute Gasteiger partial charge is 0.465 e. The van der Waals surface area contributed by atoms with Crippen molar-refractivity contribution in [2.75, 3.05) is 23.0 Å². The van der Waals surface area contributed by atoms with Gasteiger partial charge in [-0.1, -0.05) is 18.2 Å². The molecule has 0 fully saturated rings. The summed E-state index contributed by atoms with van der Waals surface area (Å²) in [6.45, 7) is 1.46. The van der Waals surface area contributed by atoms with E-state index in [0.29, 0.717) is 17.2 Å². The number of benzene rings is 1. The first-order valence-electron chi connectivity index (χ1n) is 7.26. The Hall–Kier alpha value is -3.29. The number of nitrogen functional groups attached to an aromatic ring is 1. The highest BCUT2D eigenvalue weighted by Gasteiger charge is 2.27. The van der Waals surface area contributed by atoms with Gasteiger partial charge < -0.3 is 21.5 Å². The molecule has 0 bridgehead atoms. The van der Waals surface area contributed by atoms with Crippen LogP contribution in [0.3, 0.4) is 0 Å². The second kappa shape index (κ2) is 7.32. The number of hydrogen-bond donors (Lipinski definition) is 4. The molecule has 5 N–H and O–H groups in total. The number of nitrogens with one attached hydrogen (secondary N) is 2. The second-order valence-corrected chi connectivity index (χ2v) is 5.04. The lowest BCUT2D eigenvalue weighted by Crippen LogP contribution is -2.45. The minimum Gasteiger partial charge on any atom is -0.465 e. The summed E-state index contributed by atoms with van der Waals surface area (Å²) in [4.78, 5) is 29.3. The Bertz CT molecular complexity index is 736. The number of pyridine rings is 1. The number of rotatable bonds is 5. The van der Waals surface area contributed by atoms with Gasteiger partial charge in [-0.05, 0) is 31.2 Å². The summed E-state index contributed by atoms with van der Waals surface area (Å²) in [6.07, 6.45) is -1.28. The van der Waals surface area contributed by atoms with Crippen molar-refractivity contribution in [3.05, 3.63) is 42.5 Å². The molecule has 1 aromatic carbocycles. The highest BCUT2D eigenvalue weighted by molar-refractivity contribution is 6.05. The molecular weight excluding hydrogens is 310 g/mol. The van der Waals surface area contributed by atoms with E-state index >= 15 is 0 Å². The highest BCUT2D eigenvalue weighted by atomic mass is 16.4. The van der Waals surface area contributed by atoms with Crippen LogP contribution in [0.1, 0.15) is 6.92 Å². The van der Waals surface area contributed by atoms with Crippen LogP contribution in [0.15, 0.2) is 42.5 Å². The number of carbonyl (C=O) groups is 2. The van der Waals surface area contributed by atoms with Crippen LogP contribution < -0.4 is 21.3 Å². The van der Waals surface area contributed by atoms with Crippen LogP contribution in [-0.2, 0) is 4.79 Å². The molecule has 0 radical (unpaired) electrons. The van der Waals surface area contributed by atoms with Crippen molar-refractivity contribution in [2.45, 2.75) is 13.0 Å². The van der Waals surface area contributed by atoms with Crippen molar-refractivity contribution < 1.29 is 14.7 Å². The number of anilines is 4. The number of carboxylic acid groups (broad SMARTS) is 1. The van der Waals surface area contributed by atoms with E-state index in [1.165, 1.54) is 11.8 Å². The molecule has 1 atom stereocenters. The molecule has 0 saturated carbocycles. The van der Waals surface area contributed by atoms with Gasteiger partial charge in [0.25, 0.3) is 5.91 Å². The molecule has 24 heavy (non-hydrogen) atoms. The van der Waals surface area contributed by atoms with Gasteiger partial charge in [0.05, 0.1) is 11.4 Å². The Morgan fingerprint density at radius 3 is 2.46 bits per heavy atom. The summed E-state index contributed by atoms with van der Waals surface area (Å²) in [5.41, 5.74) is 6.84. The van der Waals surface area contributed by atoms with Crippen molar-refractivity contribution in [1.29, 1.82) is 0 Å². The molecule has 8 nitrogen and oxygen atoms in total. The molecule has 1 aromatic heterocycles. The van der Waals surface area contributed by atoms with Gasteiger partial charge in [0.2, 0.25) is 0 Å². The van der Waals surface area contributed by atoms with Crippen LogP contribution in [0.2, 0.25) is 0 Å². The first kappa shape index (κ1) is 17.1. The van der Waals surface area contributed by atoms with Crippen LogP contribution >= 0.6 is 0 Å². The van der Waals surface area contributed by atoms with Crippen LogP contribution in [0.25, 0.3) is 0 Å². The van der Waals surface area contributed by atoms with Crippen LogP contribution in [0.5, 0.6) is 0 Å². The van der Waals surface area contributed by atoms with E-state index in [2.05, 4.69) is 15.6 Å². The maximum Gasteiger partial charge on any atom is 0.405 e. The number of amides is 2. The zero-order chi connectivity index (χ0) is 17.7. The van der Waals surface area contributed by atoms with Crippen LogP contribution in [0.4, 0.5) is 27.8 Å². The molecule has 2 rings (SSSR count). The number of hydrogen-bond acceptors (Lipinski definition) is 5. The van der Waals surface area contributed by atoms with E-state index in [-0.39, 0.29) is 5.82 Å². The monoisotopic (exact) mass is 329 g/mol. The molecular formula is C16H19N5O3. The number of aromatic nitrogens is 1. The molecule has 0 spiro atoms. The zero-order valence-electron chi connectivity index (χ0n) is 13.4. The van der Waals surface area contributed by atoms with Gasteiger partial charge in [-0.2, -0.15) is 0 Å². The fourth-order valence-electron chi connectivity index (χ4n) is 2.15. The third-order valence-corrected chi connectivity index (χ3v) is 3.32. The first-order chi connectivity index (χ1) is 11.4. The van der Waals surface area contributed by atoms with E-state index in [4.69, 9.17) is 10.8 Å². The quantitative estimate of drug-likeness (QED) is 0.666. The van der Waals surface area contributed by atoms with Gasteiger partial charge in [-0.3, -0.25) is 9.69 Å². The average Bonchev–Trinajstić information content (AvgIpc) is 2.57. The van der Waals surface area contributed by atoms with Crippen molar-refractivity contribution in [2.24, 2.45) is 0 Å². The second-order valence-electron chi connectivity index (χ2n) is 5.04. The number of carbonyl (C=O) groups excluding carboxylic acids is 1. The predicted octanol–water partition coefficient (Wildman–Crippen LogP) is 2.03. The summed E-state index contributed by atoms with van der Waals surface area (Å²) in [7, 11) is 1.70. The molecule has 0 aliphatic heterocycles. The number of nitrogens with zero attached hydrogens (tertiary/aromatic N) is 2. The van der Waals surface area contributed by atoms with Crippen molar-refractivity contribution in [1.82, 2.24) is 10.3 Å². The Morgan fingerprint density at radius 1 is 1.21 bits per heavy atom. The summed E-state index contributed by atoms with van der Waals surface area (Å²) in [5.74, 6) is 0.278. The van der Waals surface area contributed by atoms with Crippen LogP contribution in [-0.4, -0.2) is 35.2 Å². The highest BCUT2D eigenvalue weighted by Crippen LogP contribution is 2.30. The maximum absolute atomic E-state index is 12.8. The number of para-hydroxylation sites is 1. The summed E-state index contributed by atoms with van der Waals surface area (Å²) in [6, 6.07) is 11.1. The summed E-state index contributed by atoms with van der Waals surface area (Å²) < 4.78 is 0. The van der Waals surface area contributed by atoms with Gasteiger partial charge in [-0.15, -0.1) is 0 Å². The van der Waals surface area contributed by atoms with Gasteiger partial charge in [-0.25, -0.2) is 9.78 Å². The smallest absolute Gasteiger partial charge is 0.405 e. The van der Waals surface area contributed by atoms with E-state index in [1.807, 2.05) is 6.07 Å². The van der Waals surface area contributed by atoms with Gasteiger partial charge in [0, 0.05) is 7.05 Å². The van der Waals surface area contributed by atoms with Crippen molar-refractivity contribution in [3.63, 3.8) is 0 Å². The van der Waals surface area contributed by atoms with Crippen LogP contribution in [0, 0.1) is 0 Å². The standard InChI is InChI=1S/C16H19N5O3/c1-10(19-16(23)24)15(22)21(11-6-4-3-5-7-11)14-12(17)8-9-13(18-2)20-14/h3-10,19H,17H2,1-2H3,(H,18,20)(H,23,24). The zero-order valence-corrected chi connectivity index (χ0v) is 13.4. The minimum absolute atomic E-state index is 0.233. The van der Waals surface area contributed by atoms with E-state index in [0.717, 1.165) is 0 Å². The lowest BCUT2D eigenvalue weighted by atomic mass is 10.2. The Balaban J connectivity index is 2.52. The fourth-order valence-corrected chi connectivity index (χ4v) is 2.15. The molecule has 0 saturated heterocycles. The maximum atomic E-state index is 12.8. The predicted molar refractivity (Wildman–Crippen MR) is 92.4 cm³/mol. The van der Waals surface area contributed by atoms with E-state index in [9.17, 15) is 9.59 Å². The lowest BCUT2D eigenvalue weighted by molar-refractivity contribution is -0.119. The molecule has 0 aliphatic rings. The average molecular weight is 329 g/mol. The Kier molecular flexibility index (Phi) is 5.20. The fraction of sp³-hybridized carbons (Fsp3) is 0.188. The Morgan fingerprint density at radius 2 is 1.88 bits per heavy atom. The molecule has 126 valence electrons. The lowest BCUT2D eigenvalue weighted by Gasteiger charge is -2.26. The minimum atomic E-state index is -1.28. The number of nitrogens with two attached hydrogens (primary N) is 1. The molecule has 8 heteroatoms. The molecule has 2 aromatic rings. The molecule has 1 unspecified atom stereocenters. The first-order valence-corrected chi connectivity index (χ1v) is 7.26. The van der Waals surface area contributed by atoms with Crippen molar-refractivity contribution >= 4 is 35.0 Å². The topological polar surface area (TPSA) is 121 Å². The molecule has 1 heterocycles. The summed E-state index contributed by atoms with van der Waals surface area (Å²) >= 11 is 0. The van der Waals surface area contributed by atoms with E-state index in [1.54, 1.807) is 43.4 Å². The van der Waals surface area contributed by atoms with Gasteiger partial charge >= 0.3 is 6.09 Å². The molecule has 2 amide bonds. The van der Waals surface area contributed by atoms with E-state index < -0.39 is 18.0 Å². The Labute approximate surface area is 139 Å².